The van der Waals surface area contributed by atoms with Gasteiger partial charge in [-0.25, -0.2) is 0 Å². The number of carbonyl (C=O) groups is 2. The van der Waals surface area contributed by atoms with Crippen molar-refractivity contribution >= 4 is 11.8 Å². The molecule has 0 bridgehead atoms. The molecular formula is C24H48N2O3. The van der Waals surface area contributed by atoms with Gasteiger partial charge in [0.2, 0.25) is 0 Å². The molecule has 29 heavy (non-hydrogen) atoms. The number of rotatable bonds is 22. The molecule has 0 spiro atoms. The summed E-state index contributed by atoms with van der Waals surface area (Å²) in [5.74, 6) is -0.846. The van der Waals surface area contributed by atoms with Crippen molar-refractivity contribution in [3.63, 3.8) is 0 Å². The van der Waals surface area contributed by atoms with Gasteiger partial charge in [0, 0.05) is 12.8 Å². The number of carboxylic acids is 1. The predicted octanol–water partition coefficient (Wildman–Crippen LogP) is 5.42. The van der Waals surface area contributed by atoms with E-state index in [1.165, 1.54) is 51.4 Å². The molecule has 2 N–H and O–H groups in total. The Bertz CT molecular complexity index is 398. The fourth-order valence-corrected chi connectivity index (χ4v) is 3.66. The molecule has 0 aromatic rings. The van der Waals surface area contributed by atoms with E-state index < -0.39 is 12.0 Å². The Morgan fingerprint density at radius 2 is 1.34 bits per heavy atom. The highest BCUT2D eigenvalue weighted by Crippen LogP contribution is 2.10. The zero-order valence-corrected chi connectivity index (χ0v) is 19.5. The fraction of sp³-hybridized carbons (Fsp3) is 0.917. The summed E-state index contributed by atoms with van der Waals surface area (Å²) in [5, 5.41) is 12.4. The molecule has 0 aliphatic heterocycles. The van der Waals surface area contributed by atoms with Crippen LogP contribution in [-0.2, 0) is 9.59 Å². The van der Waals surface area contributed by atoms with E-state index in [0.717, 1.165) is 45.3 Å². The van der Waals surface area contributed by atoms with Gasteiger partial charge in [-0.15, -0.1) is 0 Å². The van der Waals surface area contributed by atoms with Gasteiger partial charge in [0.15, 0.2) is 0 Å². The molecule has 0 aliphatic rings. The summed E-state index contributed by atoms with van der Waals surface area (Å²) >= 11 is 0. The van der Waals surface area contributed by atoms with Crippen LogP contribution in [0.2, 0.25) is 0 Å². The lowest BCUT2D eigenvalue weighted by Crippen LogP contribution is -2.39. The normalized spacial score (nSPS) is 12.4. The van der Waals surface area contributed by atoms with Crippen molar-refractivity contribution in [3.8, 4) is 0 Å². The molecule has 0 aliphatic carbocycles. The molecule has 0 saturated carbocycles. The van der Waals surface area contributed by atoms with Gasteiger partial charge < -0.3 is 15.3 Å². The molecule has 0 fully saturated rings. The maximum Gasteiger partial charge on any atom is 0.321 e. The molecule has 172 valence electrons. The molecule has 0 amide bonds. The molecule has 0 aromatic heterocycles. The SMILES string of the molecule is CCCCCCCCCCCCNC(CC(=O)CCCCN(CC)CC)C(=O)O. The minimum Gasteiger partial charge on any atom is -0.480 e. The number of carbonyl (C=O) groups excluding carboxylic acids is 1. The van der Waals surface area contributed by atoms with E-state index in [-0.39, 0.29) is 12.2 Å². The molecule has 1 atom stereocenters. The zero-order valence-electron chi connectivity index (χ0n) is 19.5. The Balaban J connectivity index is 3.73. The van der Waals surface area contributed by atoms with Gasteiger partial charge >= 0.3 is 5.97 Å². The van der Waals surface area contributed by atoms with Gasteiger partial charge in [-0.1, -0.05) is 78.6 Å². The lowest BCUT2D eigenvalue weighted by atomic mass is 10.0. The Morgan fingerprint density at radius 1 is 0.793 bits per heavy atom. The smallest absolute Gasteiger partial charge is 0.321 e. The van der Waals surface area contributed by atoms with Crippen LogP contribution >= 0.6 is 0 Å². The summed E-state index contributed by atoms with van der Waals surface area (Å²) in [7, 11) is 0. The van der Waals surface area contributed by atoms with Gasteiger partial charge in [-0.2, -0.15) is 0 Å². The third-order valence-corrected chi connectivity index (χ3v) is 5.73. The van der Waals surface area contributed by atoms with E-state index in [1.54, 1.807) is 0 Å². The van der Waals surface area contributed by atoms with Crippen LogP contribution in [-0.4, -0.2) is 54.0 Å². The van der Waals surface area contributed by atoms with Gasteiger partial charge in [0.05, 0.1) is 0 Å². The summed E-state index contributed by atoms with van der Waals surface area (Å²) in [4.78, 5) is 25.9. The number of carboxylic acid groups (broad SMARTS) is 1. The predicted molar refractivity (Wildman–Crippen MR) is 123 cm³/mol. The van der Waals surface area contributed by atoms with Crippen LogP contribution in [0.25, 0.3) is 0 Å². The maximum atomic E-state index is 12.1. The van der Waals surface area contributed by atoms with E-state index in [9.17, 15) is 14.7 Å². The topological polar surface area (TPSA) is 69.6 Å². The third-order valence-electron chi connectivity index (χ3n) is 5.73. The minimum absolute atomic E-state index is 0.0625. The number of aliphatic carboxylic acids is 1. The number of nitrogens with one attached hydrogen (secondary N) is 1. The molecule has 5 heteroatoms. The van der Waals surface area contributed by atoms with Crippen molar-refractivity contribution < 1.29 is 14.7 Å². The van der Waals surface area contributed by atoms with Crippen molar-refractivity contribution in [3.05, 3.63) is 0 Å². The second kappa shape index (κ2) is 20.3. The first-order valence-corrected chi connectivity index (χ1v) is 12.2. The van der Waals surface area contributed by atoms with Crippen molar-refractivity contribution in [2.24, 2.45) is 0 Å². The van der Waals surface area contributed by atoms with Crippen LogP contribution in [0.1, 0.15) is 111 Å². The lowest BCUT2D eigenvalue weighted by Gasteiger charge is -2.17. The summed E-state index contributed by atoms with van der Waals surface area (Å²) in [6, 6.07) is -0.733. The first-order valence-electron chi connectivity index (χ1n) is 12.2. The van der Waals surface area contributed by atoms with E-state index >= 15 is 0 Å². The van der Waals surface area contributed by atoms with Crippen molar-refractivity contribution in [2.45, 2.75) is 117 Å². The Morgan fingerprint density at radius 3 is 1.86 bits per heavy atom. The number of ketones is 1. The monoisotopic (exact) mass is 412 g/mol. The number of hydrogen-bond acceptors (Lipinski definition) is 4. The van der Waals surface area contributed by atoms with E-state index in [0.29, 0.717) is 13.0 Å². The van der Waals surface area contributed by atoms with Crippen molar-refractivity contribution in [1.82, 2.24) is 10.2 Å². The number of unbranched alkanes of at least 4 members (excludes halogenated alkanes) is 10. The fourth-order valence-electron chi connectivity index (χ4n) is 3.66. The Labute approximate surface area is 180 Å². The summed E-state index contributed by atoms with van der Waals surface area (Å²) < 4.78 is 0. The molecular weight excluding hydrogens is 364 g/mol. The highest BCUT2D eigenvalue weighted by atomic mass is 16.4. The third kappa shape index (κ3) is 17.6. The molecule has 1 unspecified atom stereocenters. The molecule has 0 rings (SSSR count). The van der Waals surface area contributed by atoms with Gasteiger partial charge in [-0.05, 0) is 45.4 Å². The molecule has 0 aromatic carbocycles. The Kier molecular flexibility index (Phi) is 19.7. The number of nitrogens with zero attached hydrogens (tertiary/aromatic N) is 1. The summed E-state index contributed by atoms with van der Waals surface area (Å²) in [6.07, 6.45) is 15.1. The highest BCUT2D eigenvalue weighted by Gasteiger charge is 2.20. The largest absolute Gasteiger partial charge is 0.480 e. The van der Waals surface area contributed by atoms with Gasteiger partial charge in [0.1, 0.15) is 11.8 Å². The minimum atomic E-state index is -0.909. The van der Waals surface area contributed by atoms with Crippen LogP contribution in [0.3, 0.4) is 0 Å². The standard InChI is InChI=1S/C24H48N2O3/c1-4-7-8-9-10-11-12-13-14-16-19-25-23(24(28)29)21-22(27)18-15-17-20-26(5-2)6-3/h23,25H,4-21H2,1-3H3,(H,28,29). The molecule has 0 saturated heterocycles. The second-order valence-corrected chi connectivity index (χ2v) is 8.25. The van der Waals surface area contributed by atoms with Crippen LogP contribution in [0.4, 0.5) is 0 Å². The highest BCUT2D eigenvalue weighted by molar-refractivity contribution is 5.85. The number of hydrogen-bond donors (Lipinski definition) is 2. The van der Waals surface area contributed by atoms with E-state index in [1.807, 2.05) is 0 Å². The van der Waals surface area contributed by atoms with Gasteiger partial charge in [0.25, 0.3) is 0 Å². The van der Waals surface area contributed by atoms with Crippen LogP contribution in [0.5, 0.6) is 0 Å². The van der Waals surface area contributed by atoms with E-state index in [2.05, 4.69) is 31.0 Å². The molecule has 5 nitrogen and oxygen atoms in total. The average molecular weight is 413 g/mol. The van der Waals surface area contributed by atoms with Gasteiger partial charge in [-0.3, -0.25) is 9.59 Å². The van der Waals surface area contributed by atoms with Crippen molar-refractivity contribution in [2.75, 3.05) is 26.2 Å². The molecule has 0 radical (unpaired) electrons. The van der Waals surface area contributed by atoms with Crippen LogP contribution in [0, 0.1) is 0 Å². The average Bonchev–Trinajstić information content (AvgIpc) is 2.71. The van der Waals surface area contributed by atoms with Crippen LogP contribution < -0.4 is 5.32 Å². The summed E-state index contributed by atoms with van der Waals surface area (Å²) in [6.45, 7) is 10.3. The second-order valence-electron chi connectivity index (χ2n) is 8.25. The number of Topliss-reactive ketones (excluding diaryl/α,β-unsaturated/α-hetero) is 1. The quantitative estimate of drug-likeness (QED) is 0.232. The van der Waals surface area contributed by atoms with Crippen LogP contribution in [0.15, 0.2) is 0 Å². The Hall–Kier alpha value is -0.940. The van der Waals surface area contributed by atoms with Crippen molar-refractivity contribution in [1.29, 1.82) is 0 Å². The van der Waals surface area contributed by atoms with E-state index in [4.69, 9.17) is 0 Å². The zero-order chi connectivity index (χ0) is 21.7. The first kappa shape index (κ1) is 28.1. The molecule has 0 heterocycles. The first-order chi connectivity index (χ1) is 14.0. The maximum absolute atomic E-state index is 12.1. The summed E-state index contributed by atoms with van der Waals surface area (Å²) in [5.41, 5.74) is 0. The lowest BCUT2D eigenvalue weighted by molar-refractivity contribution is -0.141.